The van der Waals surface area contributed by atoms with Crippen molar-refractivity contribution >= 4 is 17.1 Å². The molecule has 2 nitrogen and oxygen atoms in total. The summed E-state index contributed by atoms with van der Waals surface area (Å²) in [5.74, 6) is 0. The van der Waals surface area contributed by atoms with Crippen molar-refractivity contribution < 1.29 is 0 Å². The van der Waals surface area contributed by atoms with Crippen LogP contribution in [0.4, 0.5) is 17.1 Å². The Kier molecular flexibility index (Phi) is 18.6. The SMILES string of the molecule is CC.CC.CC.CC.CCCCC.Cc1ccccc1N1c2cc3c(cc2N(C)C1(C)C)C(C)(C)CCC3(C)C. The van der Waals surface area contributed by atoms with Gasteiger partial charge in [-0.15, -0.1) is 0 Å². The topological polar surface area (TPSA) is 6.48 Å². The Hall–Kier alpha value is -1.96. The monoisotopic (exact) mass is 555 g/mol. The van der Waals surface area contributed by atoms with Gasteiger partial charge >= 0.3 is 0 Å². The highest BCUT2D eigenvalue weighted by atomic mass is 15.4. The molecule has 232 valence electrons. The molecule has 0 bridgehead atoms. The van der Waals surface area contributed by atoms with Crippen molar-refractivity contribution in [2.45, 2.75) is 166 Å². The van der Waals surface area contributed by atoms with Crippen LogP contribution in [0.1, 0.15) is 160 Å². The third-order valence-corrected chi connectivity index (χ3v) is 7.98. The van der Waals surface area contributed by atoms with Gasteiger partial charge in [0.1, 0.15) is 5.66 Å². The molecule has 2 aliphatic rings. The van der Waals surface area contributed by atoms with Crippen LogP contribution in [0.25, 0.3) is 0 Å². The van der Waals surface area contributed by atoms with Crippen molar-refractivity contribution in [3.8, 4) is 0 Å². The molecule has 40 heavy (non-hydrogen) atoms. The number of benzene rings is 2. The number of nitrogens with zero attached hydrogens (tertiary/aromatic N) is 2. The van der Waals surface area contributed by atoms with Crippen LogP contribution < -0.4 is 9.80 Å². The largest absolute Gasteiger partial charge is 0.350 e. The van der Waals surface area contributed by atoms with E-state index in [2.05, 4.69) is 116 Å². The summed E-state index contributed by atoms with van der Waals surface area (Å²) in [6.07, 6.45) is 6.57. The van der Waals surface area contributed by atoms with E-state index >= 15 is 0 Å². The molecule has 0 saturated carbocycles. The lowest BCUT2D eigenvalue weighted by molar-refractivity contribution is 0.332. The summed E-state index contributed by atoms with van der Waals surface area (Å²) in [7, 11) is 2.24. The van der Waals surface area contributed by atoms with Crippen molar-refractivity contribution in [3.05, 3.63) is 53.1 Å². The van der Waals surface area contributed by atoms with Crippen LogP contribution in [0.5, 0.6) is 0 Å². The van der Waals surface area contributed by atoms with Gasteiger partial charge in [-0.1, -0.05) is 134 Å². The molecule has 0 fully saturated rings. The summed E-state index contributed by atoms with van der Waals surface area (Å²) >= 11 is 0. The summed E-state index contributed by atoms with van der Waals surface area (Å²) in [4.78, 5) is 4.99. The zero-order valence-corrected chi connectivity index (χ0v) is 30.4. The van der Waals surface area contributed by atoms with Gasteiger partial charge in [0, 0.05) is 12.7 Å². The molecule has 1 aliphatic carbocycles. The number of hydrogen-bond acceptors (Lipinski definition) is 2. The third-order valence-electron chi connectivity index (χ3n) is 7.98. The lowest BCUT2D eigenvalue weighted by atomic mass is 9.63. The fourth-order valence-corrected chi connectivity index (χ4v) is 5.37. The number of anilines is 3. The van der Waals surface area contributed by atoms with E-state index in [4.69, 9.17) is 0 Å². The standard InChI is InChI=1S/C25H34N2.C5H12.4C2H6/c1-17-11-9-10-12-20(17)27-22-16-19-18(15-21(22)26(8)25(27,6)7)23(2,3)13-14-24(19,4)5;1-3-5-4-2;4*1-2/h9-12,15-16H,13-14H2,1-8H3;3-5H2,1-2H3;4*1-2H3. The van der Waals surface area contributed by atoms with E-state index in [9.17, 15) is 0 Å². The molecule has 4 rings (SSSR count). The van der Waals surface area contributed by atoms with Crippen LogP contribution >= 0.6 is 0 Å². The molecule has 1 heterocycles. The number of para-hydroxylation sites is 1. The lowest BCUT2D eigenvalue weighted by Crippen LogP contribution is -2.48. The minimum atomic E-state index is -0.104. The Morgan fingerprint density at radius 3 is 1.40 bits per heavy atom. The van der Waals surface area contributed by atoms with Crippen molar-refractivity contribution in [3.63, 3.8) is 0 Å². The van der Waals surface area contributed by atoms with Gasteiger partial charge in [0.15, 0.2) is 0 Å². The first-order valence-electron chi connectivity index (χ1n) is 16.7. The highest BCUT2D eigenvalue weighted by molar-refractivity contribution is 5.87. The highest BCUT2D eigenvalue weighted by Crippen LogP contribution is 2.55. The number of rotatable bonds is 3. The quantitative estimate of drug-likeness (QED) is 0.372. The molecule has 0 amide bonds. The Labute approximate surface area is 253 Å². The molecule has 0 aromatic heterocycles. The summed E-state index contributed by atoms with van der Waals surface area (Å²) < 4.78 is 0. The number of aryl methyl sites for hydroxylation is 1. The van der Waals surface area contributed by atoms with Crippen LogP contribution in [-0.4, -0.2) is 12.7 Å². The fraction of sp³-hybridized carbons (Fsp3) is 0.684. The Balaban J connectivity index is 0. The van der Waals surface area contributed by atoms with Gasteiger partial charge < -0.3 is 9.80 Å². The first-order valence-corrected chi connectivity index (χ1v) is 16.7. The molecule has 0 radical (unpaired) electrons. The van der Waals surface area contributed by atoms with Gasteiger partial charge in [0.2, 0.25) is 0 Å². The van der Waals surface area contributed by atoms with E-state index in [-0.39, 0.29) is 16.5 Å². The zero-order chi connectivity index (χ0) is 31.9. The predicted molar refractivity (Wildman–Crippen MR) is 188 cm³/mol. The summed E-state index contributed by atoms with van der Waals surface area (Å²) in [6.45, 7) is 36.9. The van der Waals surface area contributed by atoms with Gasteiger partial charge in [0.25, 0.3) is 0 Å². The minimum Gasteiger partial charge on any atom is -0.350 e. The maximum atomic E-state index is 2.54. The first-order chi connectivity index (χ1) is 18.9. The molecule has 2 heteroatoms. The average Bonchev–Trinajstić information content (AvgIpc) is 3.16. The summed E-state index contributed by atoms with van der Waals surface area (Å²) in [6, 6.07) is 13.8. The number of fused-ring (bicyclic) bond motifs is 2. The van der Waals surface area contributed by atoms with E-state index in [0.717, 1.165) is 0 Å². The van der Waals surface area contributed by atoms with Gasteiger partial charge in [-0.25, -0.2) is 0 Å². The molecule has 0 N–H and O–H groups in total. The second-order valence-corrected chi connectivity index (χ2v) is 11.7. The van der Waals surface area contributed by atoms with Gasteiger partial charge in [-0.2, -0.15) is 0 Å². The first kappa shape index (κ1) is 40.2. The number of hydrogen-bond donors (Lipinski definition) is 0. The van der Waals surface area contributed by atoms with Crippen LogP contribution in [0.15, 0.2) is 36.4 Å². The Bertz CT molecular complexity index is 950. The lowest BCUT2D eigenvalue weighted by Gasteiger charge is -2.42. The average molecular weight is 555 g/mol. The highest BCUT2D eigenvalue weighted by Gasteiger charge is 2.45. The summed E-state index contributed by atoms with van der Waals surface area (Å²) in [5, 5.41) is 0. The molecule has 0 atom stereocenters. The Morgan fingerprint density at radius 1 is 0.625 bits per heavy atom. The van der Waals surface area contributed by atoms with E-state index < -0.39 is 0 Å². The van der Waals surface area contributed by atoms with E-state index in [1.165, 1.54) is 65.9 Å². The van der Waals surface area contributed by atoms with Crippen molar-refractivity contribution in [1.82, 2.24) is 0 Å². The smallest absolute Gasteiger partial charge is 0.111 e. The normalized spacial score (nSPS) is 16.4. The molecular formula is C38H70N2. The third kappa shape index (κ3) is 9.02. The maximum Gasteiger partial charge on any atom is 0.111 e. The zero-order valence-electron chi connectivity index (χ0n) is 30.4. The van der Waals surface area contributed by atoms with Crippen molar-refractivity contribution in [2.75, 3.05) is 16.8 Å². The molecule has 1 aliphatic heterocycles. The van der Waals surface area contributed by atoms with Gasteiger partial charge in [-0.3, -0.25) is 0 Å². The van der Waals surface area contributed by atoms with E-state index in [1.54, 1.807) is 0 Å². The van der Waals surface area contributed by atoms with Crippen molar-refractivity contribution in [2.24, 2.45) is 0 Å². The van der Waals surface area contributed by atoms with Crippen LogP contribution in [0.3, 0.4) is 0 Å². The fourth-order valence-electron chi connectivity index (χ4n) is 5.37. The summed E-state index contributed by atoms with van der Waals surface area (Å²) in [5.41, 5.74) is 8.75. The molecular weight excluding hydrogens is 484 g/mol. The predicted octanol–water partition coefficient (Wildman–Crippen LogP) is 13.0. The van der Waals surface area contributed by atoms with Gasteiger partial charge in [-0.05, 0) is 79.3 Å². The molecule has 0 unspecified atom stereocenters. The molecule has 2 aromatic carbocycles. The Morgan fingerprint density at radius 2 is 1.02 bits per heavy atom. The number of unbranched alkanes of at least 4 members (excludes halogenated alkanes) is 2. The van der Waals surface area contributed by atoms with Crippen molar-refractivity contribution in [1.29, 1.82) is 0 Å². The molecule has 0 saturated heterocycles. The van der Waals surface area contributed by atoms with Gasteiger partial charge in [0.05, 0.1) is 11.4 Å². The van der Waals surface area contributed by atoms with Crippen LogP contribution in [0, 0.1) is 6.92 Å². The van der Waals surface area contributed by atoms with E-state index in [0.29, 0.717) is 0 Å². The second-order valence-electron chi connectivity index (χ2n) is 11.7. The minimum absolute atomic E-state index is 0.104. The maximum absolute atomic E-state index is 2.54. The second kappa shape index (κ2) is 18.5. The molecule has 0 spiro atoms. The van der Waals surface area contributed by atoms with E-state index in [1.807, 2.05) is 55.4 Å². The van der Waals surface area contributed by atoms with Crippen LogP contribution in [0.2, 0.25) is 0 Å². The molecule has 2 aromatic rings. The van der Waals surface area contributed by atoms with Crippen LogP contribution in [-0.2, 0) is 10.8 Å².